The first-order valence-electron chi connectivity index (χ1n) is 7.12. The average Bonchev–Trinajstić information content (AvgIpc) is 2.82. The van der Waals surface area contributed by atoms with Crippen molar-refractivity contribution < 1.29 is 8.42 Å². The fourth-order valence-corrected chi connectivity index (χ4v) is 4.74. The number of rotatable bonds is 3. The second-order valence-electron chi connectivity index (χ2n) is 5.55. The SMILES string of the molecule is Cc1c(C(C)C)sc(=NS(=O)(=O)c2cc(C#N)ccc2C#N)n1C. The minimum absolute atomic E-state index is 0.0298. The Hall–Kier alpha value is -2.42. The first-order valence-corrected chi connectivity index (χ1v) is 9.38. The van der Waals surface area contributed by atoms with E-state index in [0.29, 0.717) is 4.80 Å². The van der Waals surface area contributed by atoms with Gasteiger partial charge in [0.1, 0.15) is 11.0 Å². The lowest BCUT2D eigenvalue weighted by atomic mass is 10.1. The van der Waals surface area contributed by atoms with Gasteiger partial charge >= 0.3 is 0 Å². The van der Waals surface area contributed by atoms with Crippen molar-refractivity contribution in [1.29, 1.82) is 10.5 Å². The normalized spacial score (nSPS) is 12.2. The molecule has 0 saturated carbocycles. The molecule has 2 rings (SSSR count). The van der Waals surface area contributed by atoms with Gasteiger partial charge in [-0.15, -0.1) is 15.7 Å². The van der Waals surface area contributed by atoms with Crippen LogP contribution in [0.3, 0.4) is 0 Å². The lowest BCUT2D eigenvalue weighted by molar-refractivity contribution is 0.595. The van der Waals surface area contributed by atoms with Gasteiger partial charge in [-0.25, -0.2) is 0 Å². The van der Waals surface area contributed by atoms with Crippen molar-refractivity contribution in [1.82, 2.24) is 4.57 Å². The molecule has 0 aliphatic heterocycles. The van der Waals surface area contributed by atoms with E-state index in [1.165, 1.54) is 29.5 Å². The van der Waals surface area contributed by atoms with Crippen LogP contribution >= 0.6 is 11.3 Å². The zero-order valence-electron chi connectivity index (χ0n) is 13.7. The number of benzene rings is 1. The van der Waals surface area contributed by atoms with Crippen LogP contribution in [0.25, 0.3) is 0 Å². The van der Waals surface area contributed by atoms with Gasteiger partial charge in [0.2, 0.25) is 4.80 Å². The van der Waals surface area contributed by atoms with Crippen molar-refractivity contribution in [2.75, 3.05) is 0 Å². The summed E-state index contributed by atoms with van der Waals surface area (Å²) in [6, 6.07) is 7.62. The van der Waals surface area contributed by atoms with Crippen LogP contribution in [0.4, 0.5) is 0 Å². The van der Waals surface area contributed by atoms with E-state index in [4.69, 9.17) is 10.5 Å². The molecule has 1 aromatic heterocycles. The molecule has 0 N–H and O–H groups in total. The van der Waals surface area contributed by atoms with Crippen LogP contribution in [-0.4, -0.2) is 13.0 Å². The highest BCUT2D eigenvalue weighted by Crippen LogP contribution is 2.23. The molecule has 1 aromatic carbocycles. The van der Waals surface area contributed by atoms with Crippen molar-refractivity contribution >= 4 is 21.4 Å². The first-order chi connectivity index (χ1) is 11.2. The minimum Gasteiger partial charge on any atom is -0.323 e. The van der Waals surface area contributed by atoms with E-state index in [1.807, 2.05) is 32.9 Å². The third kappa shape index (κ3) is 3.25. The quantitative estimate of drug-likeness (QED) is 0.839. The summed E-state index contributed by atoms with van der Waals surface area (Å²) in [6.45, 7) is 5.97. The van der Waals surface area contributed by atoms with Crippen LogP contribution < -0.4 is 4.80 Å². The number of sulfonamides is 1. The van der Waals surface area contributed by atoms with Crippen LogP contribution in [0.15, 0.2) is 27.5 Å². The molecule has 1 heterocycles. The van der Waals surface area contributed by atoms with E-state index in [0.717, 1.165) is 10.6 Å². The fourth-order valence-electron chi connectivity index (χ4n) is 2.21. The number of hydrogen-bond acceptors (Lipinski definition) is 5. The Labute approximate surface area is 145 Å². The van der Waals surface area contributed by atoms with E-state index < -0.39 is 10.0 Å². The lowest BCUT2D eigenvalue weighted by Gasteiger charge is -2.03. The summed E-state index contributed by atoms with van der Waals surface area (Å²) in [4.78, 5) is 1.14. The molecule has 0 aliphatic rings. The van der Waals surface area contributed by atoms with Gasteiger partial charge in [0.25, 0.3) is 10.0 Å². The van der Waals surface area contributed by atoms with Crippen LogP contribution in [0.1, 0.15) is 41.5 Å². The largest absolute Gasteiger partial charge is 0.323 e. The minimum atomic E-state index is -4.10. The number of hydrogen-bond donors (Lipinski definition) is 0. The maximum Gasteiger partial charge on any atom is 0.286 e. The van der Waals surface area contributed by atoms with Crippen molar-refractivity contribution in [3.8, 4) is 12.1 Å². The number of aromatic nitrogens is 1. The van der Waals surface area contributed by atoms with Gasteiger partial charge in [-0.2, -0.15) is 18.9 Å². The summed E-state index contributed by atoms with van der Waals surface area (Å²) < 4.78 is 30.9. The summed E-state index contributed by atoms with van der Waals surface area (Å²) in [7, 11) is -2.35. The Morgan fingerprint density at radius 1 is 1.25 bits per heavy atom. The number of nitrogens with zero attached hydrogens (tertiary/aromatic N) is 4. The molecular formula is C16H16N4O2S2. The molecule has 0 aliphatic carbocycles. The summed E-state index contributed by atoms with van der Waals surface area (Å²) >= 11 is 1.31. The molecule has 2 aromatic rings. The molecule has 124 valence electrons. The first kappa shape index (κ1) is 17.9. The lowest BCUT2D eigenvalue weighted by Crippen LogP contribution is -2.15. The average molecular weight is 360 g/mol. The van der Waals surface area contributed by atoms with Crippen LogP contribution in [-0.2, 0) is 17.1 Å². The van der Waals surface area contributed by atoms with Crippen LogP contribution in [0.2, 0.25) is 0 Å². The molecule has 0 saturated heterocycles. The maximum atomic E-state index is 12.7. The standard InChI is InChI=1S/C16H16N4O2S2/c1-10(2)15-11(3)20(4)16(23-15)19-24(21,22)14-7-12(8-17)5-6-13(14)9-18/h5-7,10H,1-4H3. The molecule has 0 atom stereocenters. The topological polar surface area (TPSA) is 99.0 Å². The highest BCUT2D eigenvalue weighted by atomic mass is 32.2. The van der Waals surface area contributed by atoms with Gasteiger partial charge < -0.3 is 4.57 Å². The Balaban J connectivity index is 2.73. The molecule has 0 spiro atoms. The van der Waals surface area contributed by atoms with E-state index in [2.05, 4.69) is 4.40 Å². The third-order valence-corrected chi connectivity index (χ3v) is 6.54. The second kappa shape index (κ2) is 6.60. The van der Waals surface area contributed by atoms with Crippen molar-refractivity contribution in [2.45, 2.75) is 31.6 Å². The Morgan fingerprint density at radius 2 is 1.92 bits per heavy atom. The van der Waals surface area contributed by atoms with Gasteiger partial charge in [0, 0.05) is 17.6 Å². The summed E-state index contributed by atoms with van der Waals surface area (Å²) in [6.07, 6.45) is 0. The molecule has 0 bridgehead atoms. The maximum absolute atomic E-state index is 12.7. The van der Waals surface area contributed by atoms with Crippen molar-refractivity contribution in [3.05, 3.63) is 44.7 Å². The number of nitriles is 2. The molecule has 0 fully saturated rings. The van der Waals surface area contributed by atoms with Gasteiger partial charge in [0.15, 0.2) is 0 Å². The molecule has 6 nitrogen and oxygen atoms in total. The number of thiazole rings is 1. The Kier molecular flexibility index (Phi) is 4.93. The molecule has 0 amide bonds. The molecule has 24 heavy (non-hydrogen) atoms. The summed E-state index contributed by atoms with van der Waals surface area (Å²) in [5.74, 6) is 0.254. The van der Waals surface area contributed by atoms with E-state index in [1.54, 1.807) is 11.6 Å². The predicted molar refractivity (Wildman–Crippen MR) is 90.7 cm³/mol. The van der Waals surface area contributed by atoms with Gasteiger partial charge in [0.05, 0.1) is 17.2 Å². The van der Waals surface area contributed by atoms with E-state index in [-0.39, 0.29) is 21.9 Å². The third-order valence-electron chi connectivity index (χ3n) is 3.58. The highest BCUT2D eigenvalue weighted by molar-refractivity contribution is 7.90. The van der Waals surface area contributed by atoms with E-state index in [9.17, 15) is 8.42 Å². The smallest absolute Gasteiger partial charge is 0.286 e. The van der Waals surface area contributed by atoms with Gasteiger partial charge in [-0.3, -0.25) is 0 Å². The fraction of sp³-hybridized carbons (Fsp3) is 0.312. The zero-order valence-corrected chi connectivity index (χ0v) is 15.4. The summed E-state index contributed by atoms with van der Waals surface area (Å²) in [5.41, 5.74) is 1.09. The van der Waals surface area contributed by atoms with Crippen molar-refractivity contribution in [2.24, 2.45) is 11.4 Å². The van der Waals surface area contributed by atoms with Gasteiger partial charge in [-0.1, -0.05) is 13.8 Å². The van der Waals surface area contributed by atoms with Crippen LogP contribution in [0, 0.1) is 29.6 Å². The monoisotopic (exact) mass is 360 g/mol. The Morgan fingerprint density at radius 3 is 2.42 bits per heavy atom. The summed E-state index contributed by atoms with van der Waals surface area (Å²) in [5, 5.41) is 18.1. The molecule has 8 heteroatoms. The second-order valence-corrected chi connectivity index (χ2v) is 8.13. The van der Waals surface area contributed by atoms with Crippen LogP contribution in [0.5, 0.6) is 0 Å². The van der Waals surface area contributed by atoms with Crippen molar-refractivity contribution in [3.63, 3.8) is 0 Å². The predicted octanol–water partition coefficient (Wildman–Crippen LogP) is 2.55. The zero-order chi connectivity index (χ0) is 18.1. The molecular weight excluding hydrogens is 344 g/mol. The van der Waals surface area contributed by atoms with E-state index >= 15 is 0 Å². The van der Waals surface area contributed by atoms with Gasteiger partial charge in [-0.05, 0) is 31.0 Å². The highest BCUT2D eigenvalue weighted by Gasteiger charge is 2.20. The molecule has 0 radical (unpaired) electrons. The molecule has 0 unspecified atom stereocenters. The Bertz CT molecular complexity index is 1050.